The Balaban J connectivity index is 1.93. The van der Waals surface area contributed by atoms with Gasteiger partial charge in [0.1, 0.15) is 10.6 Å². The van der Waals surface area contributed by atoms with Gasteiger partial charge >= 0.3 is 0 Å². The highest BCUT2D eigenvalue weighted by Crippen LogP contribution is 2.31. The third-order valence-electron chi connectivity index (χ3n) is 3.85. The molecule has 0 saturated carbocycles. The molecule has 1 fully saturated rings. The van der Waals surface area contributed by atoms with Crippen molar-refractivity contribution in [3.8, 4) is 0 Å². The summed E-state index contributed by atoms with van der Waals surface area (Å²) in [7, 11) is 1.79. The van der Waals surface area contributed by atoms with Crippen LogP contribution in [0.4, 0.5) is 11.8 Å². The first-order chi connectivity index (χ1) is 10.3. The molecule has 1 atom stereocenters. The van der Waals surface area contributed by atoms with Crippen LogP contribution in [0.25, 0.3) is 10.2 Å². The van der Waals surface area contributed by atoms with E-state index in [2.05, 4.69) is 33.6 Å². The van der Waals surface area contributed by atoms with Gasteiger partial charge in [0.15, 0.2) is 0 Å². The molecule has 2 aromatic rings. The highest BCUT2D eigenvalue weighted by Gasteiger charge is 2.23. The Morgan fingerprint density at radius 1 is 1.48 bits per heavy atom. The van der Waals surface area contributed by atoms with E-state index in [1.54, 1.807) is 18.4 Å². The van der Waals surface area contributed by atoms with Crippen molar-refractivity contribution in [2.45, 2.75) is 32.3 Å². The summed E-state index contributed by atoms with van der Waals surface area (Å²) in [6, 6.07) is 2.12. The van der Waals surface area contributed by atoms with Gasteiger partial charge in [0.05, 0.1) is 11.5 Å². The fourth-order valence-electron chi connectivity index (χ4n) is 2.72. The molecule has 0 radical (unpaired) electrons. The number of ether oxygens (including phenoxy) is 1. The average molecular weight is 306 g/mol. The first-order valence-electron chi connectivity index (χ1n) is 7.58. The molecular weight excluding hydrogens is 284 g/mol. The van der Waals surface area contributed by atoms with Crippen molar-refractivity contribution in [2.24, 2.45) is 0 Å². The molecule has 0 bridgehead atoms. The highest BCUT2D eigenvalue weighted by atomic mass is 32.1. The molecule has 0 spiro atoms. The van der Waals surface area contributed by atoms with E-state index in [9.17, 15) is 0 Å². The molecule has 2 aromatic heterocycles. The van der Waals surface area contributed by atoms with E-state index in [1.165, 1.54) is 0 Å². The average Bonchev–Trinajstić information content (AvgIpc) is 3.00. The number of nitrogens with zero attached hydrogens (tertiary/aromatic N) is 3. The summed E-state index contributed by atoms with van der Waals surface area (Å²) in [6.45, 7) is 4.99. The molecule has 1 aliphatic rings. The number of fused-ring (bicyclic) bond motifs is 1. The topological polar surface area (TPSA) is 50.3 Å². The minimum Gasteiger partial charge on any atom is -0.380 e. The lowest BCUT2D eigenvalue weighted by molar-refractivity contribution is 0.0892. The van der Waals surface area contributed by atoms with Crippen molar-refractivity contribution in [3.63, 3.8) is 0 Å². The van der Waals surface area contributed by atoms with Crippen LogP contribution in [0.1, 0.15) is 26.2 Å². The third-order valence-corrected chi connectivity index (χ3v) is 4.66. The minimum absolute atomic E-state index is 0.300. The van der Waals surface area contributed by atoms with Crippen molar-refractivity contribution in [3.05, 3.63) is 11.4 Å². The maximum absolute atomic E-state index is 5.53. The second-order valence-electron chi connectivity index (χ2n) is 5.38. The lowest BCUT2D eigenvalue weighted by Crippen LogP contribution is -2.39. The van der Waals surface area contributed by atoms with Gasteiger partial charge in [0, 0.05) is 26.7 Å². The number of piperidine rings is 1. The molecule has 3 rings (SSSR count). The Hall–Kier alpha value is -1.40. The molecule has 1 saturated heterocycles. The molecule has 0 amide bonds. The van der Waals surface area contributed by atoms with E-state index < -0.39 is 0 Å². The van der Waals surface area contributed by atoms with E-state index in [0.29, 0.717) is 6.10 Å². The maximum atomic E-state index is 5.53. The Bertz CT molecular complexity index is 600. The number of thiophene rings is 1. The van der Waals surface area contributed by atoms with Gasteiger partial charge in [-0.2, -0.15) is 4.98 Å². The van der Waals surface area contributed by atoms with E-state index in [1.807, 2.05) is 0 Å². The van der Waals surface area contributed by atoms with Crippen LogP contribution in [-0.2, 0) is 4.74 Å². The molecule has 21 heavy (non-hydrogen) atoms. The van der Waals surface area contributed by atoms with Gasteiger partial charge in [-0.15, -0.1) is 11.3 Å². The molecule has 6 heteroatoms. The summed E-state index contributed by atoms with van der Waals surface area (Å²) in [5.74, 6) is 1.78. The fourth-order valence-corrected chi connectivity index (χ4v) is 3.48. The SMILES string of the molecule is CCCNc1nc(N2CCCC(OC)C2)c2ccsc2n1. The number of methoxy groups -OCH3 is 1. The van der Waals surface area contributed by atoms with Gasteiger partial charge in [0.25, 0.3) is 0 Å². The largest absolute Gasteiger partial charge is 0.380 e. The Morgan fingerprint density at radius 3 is 3.19 bits per heavy atom. The zero-order valence-corrected chi connectivity index (χ0v) is 13.4. The Labute approximate surface area is 129 Å². The standard InChI is InChI=1S/C15H22N4OS/c1-3-7-16-15-17-13(12-6-9-21-14(12)18-15)19-8-4-5-11(10-19)20-2/h6,9,11H,3-5,7-8,10H2,1-2H3,(H,16,17,18). The monoisotopic (exact) mass is 306 g/mol. The summed E-state index contributed by atoms with van der Waals surface area (Å²) in [6.07, 6.45) is 3.64. The van der Waals surface area contributed by atoms with Crippen LogP contribution in [0, 0.1) is 0 Å². The van der Waals surface area contributed by atoms with Crippen LogP contribution in [0.3, 0.4) is 0 Å². The quantitative estimate of drug-likeness (QED) is 0.919. The van der Waals surface area contributed by atoms with Crippen LogP contribution in [0.5, 0.6) is 0 Å². The number of nitrogens with one attached hydrogen (secondary N) is 1. The van der Waals surface area contributed by atoms with Crippen LogP contribution in [0.2, 0.25) is 0 Å². The van der Waals surface area contributed by atoms with E-state index in [0.717, 1.165) is 60.9 Å². The van der Waals surface area contributed by atoms with Crippen molar-refractivity contribution in [1.29, 1.82) is 0 Å². The second-order valence-corrected chi connectivity index (χ2v) is 6.28. The van der Waals surface area contributed by atoms with Crippen LogP contribution in [0.15, 0.2) is 11.4 Å². The molecule has 1 N–H and O–H groups in total. The summed E-state index contributed by atoms with van der Waals surface area (Å²) in [5, 5.41) is 6.55. The lowest BCUT2D eigenvalue weighted by atomic mass is 10.1. The number of anilines is 2. The number of hydrogen-bond acceptors (Lipinski definition) is 6. The molecule has 0 aromatic carbocycles. The van der Waals surface area contributed by atoms with E-state index in [-0.39, 0.29) is 0 Å². The zero-order chi connectivity index (χ0) is 14.7. The third kappa shape index (κ3) is 3.11. The molecule has 1 unspecified atom stereocenters. The van der Waals surface area contributed by atoms with Crippen LogP contribution < -0.4 is 10.2 Å². The molecule has 1 aliphatic heterocycles. The van der Waals surface area contributed by atoms with Crippen molar-refractivity contribution < 1.29 is 4.74 Å². The zero-order valence-electron chi connectivity index (χ0n) is 12.6. The molecular formula is C15H22N4OS. The van der Waals surface area contributed by atoms with Gasteiger partial charge in [0.2, 0.25) is 5.95 Å². The Morgan fingerprint density at radius 2 is 2.38 bits per heavy atom. The first-order valence-corrected chi connectivity index (χ1v) is 8.46. The number of aromatic nitrogens is 2. The molecule has 5 nitrogen and oxygen atoms in total. The van der Waals surface area contributed by atoms with Gasteiger partial charge in [-0.1, -0.05) is 6.92 Å². The van der Waals surface area contributed by atoms with Crippen molar-refractivity contribution in [2.75, 3.05) is 37.0 Å². The predicted molar refractivity (Wildman–Crippen MR) is 88.4 cm³/mol. The fraction of sp³-hybridized carbons (Fsp3) is 0.600. The molecule has 0 aliphatic carbocycles. The highest BCUT2D eigenvalue weighted by molar-refractivity contribution is 7.16. The van der Waals surface area contributed by atoms with Crippen LogP contribution >= 0.6 is 11.3 Å². The first kappa shape index (κ1) is 14.5. The van der Waals surface area contributed by atoms with Gasteiger partial charge in [-0.3, -0.25) is 0 Å². The molecule has 3 heterocycles. The summed E-state index contributed by atoms with van der Waals surface area (Å²) in [4.78, 5) is 12.8. The van der Waals surface area contributed by atoms with Gasteiger partial charge in [-0.05, 0) is 30.7 Å². The van der Waals surface area contributed by atoms with Crippen molar-refractivity contribution >= 4 is 33.3 Å². The lowest BCUT2D eigenvalue weighted by Gasteiger charge is -2.33. The summed E-state index contributed by atoms with van der Waals surface area (Å²) in [5.41, 5.74) is 0. The Kier molecular flexibility index (Phi) is 4.55. The minimum atomic E-state index is 0.300. The van der Waals surface area contributed by atoms with Crippen molar-refractivity contribution in [1.82, 2.24) is 9.97 Å². The normalized spacial score (nSPS) is 19.1. The van der Waals surface area contributed by atoms with Crippen LogP contribution in [-0.4, -0.2) is 42.8 Å². The second kappa shape index (κ2) is 6.58. The van der Waals surface area contributed by atoms with Gasteiger partial charge < -0.3 is 15.0 Å². The predicted octanol–water partition coefficient (Wildman–Crippen LogP) is 3.13. The number of rotatable bonds is 5. The maximum Gasteiger partial charge on any atom is 0.226 e. The van der Waals surface area contributed by atoms with Gasteiger partial charge in [-0.25, -0.2) is 4.98 Å². The summed E-state index contributed by atoms with van der Waals surface area (Å²) < 4.78 is 5.53. The molecule has 114 valence electrons. The number of hydrogen-bond donors (Lipinski definition) is 1. The van der Waals surface area contributed by atoms with E-state index in [4.69, 9.17) is 9.72 Å². The van der Waals surface area contributed by atoms with E-state index >= 15 is 0 Å². The summed E-state index contributed by atoms with van der Waals surface area (Å²) >= 11 is 1.67. The smallest absolute Gasteiger partial charge is 0.226 e.